The molecule has 16 heavy (non-hydrogen) atoms. The van der Waals surface area contributed by atoms with E-state index in [-0.39, 0.29) is 46.5 Å². The van der Waals surface area contributed by atoms with Crippen LogP contribution in [0.25, 0.3) is 0 Å². The van der Waals surface area contributed by atoms with Crippen molar-refractivity contribution >= 4 is 0 Å². The summed E-state index contributed by atoms with van der Waals surface area (Å²) >= 11 is 0. The molecule has 0 nitrogen and oxygen atoms in total. The van der Waals surface area contributed by atoms with Gasteiger partial charge in [-0.25, -0.2) is 11.6 Å². The Morgan fingerprint density at radius 1 is 1.31 bits per heavy atom. The molecule has 1 rings (SSSR count). The van der Waals surface area contributed by atoms with Crippen molar-refractivity contribution in [1.82, 2.24) is 0 Å². The van der Waals surface area contributed by atoms with Crippen LogP contribution in [0.15, 0.2) is 17.7 Å². The summed E-state index contributed by atoms with van der Waals surface area (Å²) in [4.78, 5) is 0. The Labute approximate surface area is 128 Å². The Bertz CT molecular complexity index is 200. The van der Waals surface area contributed by atoms with E-state index in [0.717, 1.165) is 12.3 Å². The molecule has 0 aliphatic heterocycles. The maximum atomic E-state index is 3.40. The standard InChI is InChI=1S/C13H21.2ClH.Ti/c1-3-5-8-12(4-2)11-13-9-6-7-10-13;;;/h6,9,12H,3-5,7-8,11H2,1-2H3;2*1H;/q-1;;;+3/p-2. The largest absolute Gasteiger partial charge is 3.00 e. The molecule has 0 fully saturated rings. The van der Waals surface area contributed by atoms with Crippen LogP contribution in [0.3, 0.4) is 0 Å². The Morgan fingerprint density at radius 2 is 2.00 bits per heavy atom. The van der Waals surface area contributed by atoms with Crippen LogP contribution < -0.4 is 24.8 Å². The van der Waals surface area contributed by atoms with Gasteiger partial charge in [-0.15, -0.1) is 6.42 Å². The summed E-state index contributed by atoms with van der Waals surface area (Å²) in [7, 11) is 0. The van der Waals surface area contributed by atoms with Crippen molar-refractivity contribution < 1.29 is 46.5 Å². The molecule has 1 aliphatic rings. The maximum Gasteiger partial charge on any atom is 3.00 e. The van der Waals surface area contributed by atoms with Gasteiger partial charge in [-0.2, -0.15) is 6.08 Å². The topological polar surface area (TPSA) is 0 Å². The minimum atomic E-state index is 0. The zero-order chi connectivity index (χ0) is 9.52. The summed E-state index contributed by atoms with van der Waals surface area (Å²) in [6.07, 6.45) is 15.6. The summed E-state index contributed by atoms with van der Waals surface area (Å²) in [6.45, 7) is 4.58. The molecule has 1 aliphatic carbocycles. The average molecular weight is 296 g/mol. The van der Waals surface area contributed by atoms with Crippen LogP contribution in [-0.2, 0) is 21.7 Å². The summed E-state index contributed by atoms with van der Waals surface area (Å²) in [5.41, 5.74) is 1.45. The first-order chi connectivity index (χ1) is 6.36. The first kappa shape index (κ1) is 22.0. The van der Waals surface area contributed by atoms with Crippen molar-refractivity contribution in [3.8, 4) is 0 Å². The van der Waals surface area contributed by atoms with Crippen LogP contribution in [0.2, 0.25) is 0 Å². The second kappa shape index (κ2) is 13.8. The molecule has 0 aromatic carbocycles. The molecule has 91 valence electrons. The van der Waals surface area contributed by atoms with Crippen LogP contribution in [0.5, 0.6) is 0 Å². The summed E-state index contributed by atoms with van der Waals surface area (Å²) in [6, 6.07) is 0. The molecule has 1 unspecified atom stereocenters. The van der Waals surface area contributed by atoms with Crippen molar-refractivity contribution in [1.29, 1.82) is 0 Å². The molecule has 0 N–H and O–H groups in total. The Kier molecular flexibility index (Phi) is 19.0. The third-order valence-electron chi connectivity index (χ3n) is 2.82. The van der Waals surface area contributed by atoms with E-state index in [9.17, 15) is 0 Å². The molecule has 0 bridgehead atoms. The summed E-state index contributed by atoms with van der Waals surface area (Å²) in [5, 5.41) is 0. The zero-order valence-corrected chi connectivity index (χ0v) is 13.3. The molecule has 0 heterocycles. The van der Waals surface area contributed by atoms with Crippen molar-refractivity contribution in [3.05, 3.63) is 23.8 Å². The third-order valence-corrected chi connectivity index (χ3v) is 2.82. The number of hydrogen-bond donors (Lipinski definition) is 0. The van der Waals surface area contributed by atoms with Crippen molar-refractivity contribution in [2.45, 2.75) is 52.4 Å². The van der Waals surface area contributed by atoms with Crippen LogP contribution in [-0.4, -0.2) is 0 Å². The predicted octanol–water partition coefficient (Wildman–Crippen LogP) is -1.71. The van der Waals surface area contributed by atoms with Gasteiger partial charge >= 0.3 is 21.7 Å². The van der Waals surface area contributed by atoms with Gasteiger partial charge in [0.1, 0.15) is 0 Å². The predicted molar refractivity (Wildman–Crippen MR) is 58.4 cm³/mol. The van der Waals surface area contributed by atoms with E-state index < -0.39 is 0 Å². The van der Waals surface area contributed by atoms with E-state index in [1.54, 1.807) is 0 Å². The second-order valence-corrected chi connectivity index (χ2v) is 3.93. The van der Waals surface area contributed by atoms with Gasteiger partial charge in [0.25, 0.3) is 0 Å². The van der Waals surface area contributed by atoms with E-state index in [4.69, 9.17) is 0 Å². The zero-order valence-electron chi connectivity index (χ0n) is 10.2. The molecule has 0 saturated heterocycles. The molecule has 3 heteroatoms. The van der Waals surface area contributed by atoms with Crippen LogP contribution in [0, 0.1) is 12.0 Å². The number of halogens is 2. The van der Waals surface area contributed by atoms with Gasteiger partial charge in [0.05, 0.1) is 0 Å². The molecule has 1 radical (unpaired) electrons. The normalized spacial score (nSPS) is 14.2. The van der Waals surface area contributed by atoms with Crippen LogP contribution >= 0.6 is 0 Å². The van der Waals surface area contributed by atoms with Gasteiger partial charge < -0.3 is 24.8 Å². The molecule has 1 atom stereocenters. The fourth-order valence-electron chi connectivity index (χ4n) is 1.84. The smallest absolute Gasteiger partial charge is 1.00 e. The van der Waals surface area contributed by atoms with Gasteiger partial charge in [0, 0.05) is 0 Å². The van der Waals surface area contributed by atoms with E-state index >= 15 is 0 Å². The third kappa shape index (κ3) is 8.87. The van der Waals surface area contributed by atoms with Crippen LogP contribution in [0.1, 0.15) is 52.4 Å². The molecule has 0 aromatic rings. The first-order valence-electron chi connectivity index (χ1n) is 5.63. The molecular formula is C13H21Cl2Ti. The quantitative estimate of drug-likeness (QED) is 0.404. The Morgan fingerprint density at radius 3 is 2.44 bits per heavy atom. The van der Waals surface area contributed by atoms with Crippen molar-refractivity contribution in [3.63, 3.8) is 0 Å². The number of hydrogen-bond acceptors (Lipinski definition) is 0. The van der Waals surface area contributed by atoms with E-state index in [1.807, 2.05) is 0 Å². The Balaban J connectivity index is -0.000000563. The van der Waals surface area contributed by atoms with Gasteiger partial charge in [0.15, 0.2) is 0 Å². The maximum absolute atomic E-state index is 3.40. The van der Waals surface area contributed by atoms with Gasteiger partial charge in [0.2, 0.25) is 0 Å². The summed E-state index contributed by atoms with van der Waals surface area (Å²) in [5.74, 6) is 0.894. The molecule has 0 spiro atoms. The molecule has 0 aromatic heterocycles. The molecule has 0 saturated carbocycles. The number of allylic oxidation sites excluding steroid dienone is 4. The average Bonchev–Trinajstić information content (AvgIpc) is 2.64. The second-order valence-electron chi connectivity index (χ2n) is 3.93. The monoisotopic (exact) mass is 295 g/mol. The van der Waals surface area contributed by atoms with Crippen LogP contribution in [0.4, 0.5) is 0 Å². The fourth-order valence-corrected chi connectivity index (χ4v) is 1.84. The van der Waals surface area contributed by atoms with Gasteiger partial charge in [-0.3, -0.25) is 6.08 Å². The van der Waals surface area contributed by atoms with E-state index in [1.165, 1.54) is 37.7 Å². The minimum absolute atomic E-state index is 0. The fraction of sp³-hybridized carbons (Fsp3) is 0.692. The van der Waals surface area contributed by atoms with Gasteiger partial charge in [-0.05, 0) is 5.92 Å². The van der Waals surface area contributed by atoms with Gasteiger partial charge in [-0.1, -0.05) is 46.0 Å². The SMILES string of the molecule is CCCCC(CC)CC1=[C-]CC=C1.[Cl-].[Cl-].[Ti+3]. The Hall–Kier alpha value is 0.774. The van der Waals surface area contributed by atoms with Crippen molar-refractivity contribution in [2.24, 2.45) is 5.92 Å². The summed E-state index contributed by atoms with van der Waals surface area (Å²) < 4.78 is 0. The molecule has 0 amide bonds. The first-order valence-corrected chi connectivity index (χ1v) is 5.63. The van der Waals surface area contributed by atoms with Crippen molar-refractivity contribution in [2.75, 3.05) is 0 Å². The number of rotatable bonds is 6. The van der Waals surface area contributed by atoms with E-state index in [0.29, 0.717) is 0 Å². The van der Waals surface area contributed by atoms with E-state index in [2.05, 4.69) is 32.1 Å². The minimum Gasteiger partial charge on any atom is -1.00 e. The number of unbranched alkanes of at least 4 members (excludes halogenated alkanes) is 1. The molecular weight excluding hydrogens is 275 g/mol.